The second-order valence-corrected chi connectivity index (χ2v) is 8.67. The first-order chi connectivity index (χ1) is 13.7. The van der Waals surface area contributed by atoms with E-state index < -0.39 is 12.1 Å². The van der Waals surface area contributed by atoms with Crippen LogP contribution in [0.1, 0.15) is 116 Å². The highest BCUT2D eigenvalue weighted by Gasteiger charge is 2.29. The van der Waals surface area contributed by atoms with Crippen LogP contribution in [0.25, 0.3) is 0 Å². The largest absolute Gasteiger partial charge is 0.346 e. The molecule has 0 saturated carbocycles. The molecule has 28 heavy (non-hydrogen) atoms. The van der Waals surface area contributed by atoms with Gasteiger partial charge in [-0.1, -0.05) is 77.0 Å². The number of hydrogen-bond acceptors (Lipinski definition) is 3. The molecule has 2 unspecified atom stereocenters. The molecule has 0 aromatic rings. The Balaban J connectivity index is 1.99. The summed E-state index contributed by atoms with van der Waals surface area (Å²) in [4.78, 5) is 37.9. The van der Waals surface area contributed by atoms with Crippen LogP contribution in [-0.4, -0.2) is 29.7 Å². The Bertz CT molecular complexity index is 450. The summed E-state index contributed by atoms with van der Waals surface area (Å²) < 4.78 is 0. The molecular weight excluding hydrogens is 352 g/mol. The second kappa shape index (κ2) is 13.7. The molecule has 2 rings (SSSR count). The van der Waals surface area contributed by atoms with Gasteiger partial charge in [0.05, 0.1) is 12.1 Å². The summed E-state index contributed by atoms with van der Waals surface area (Å²) in [6, 6.07) is -0.907. The Labute approximate surface area is 170 Å². The van der Waals surface area contributed by atoms with Crippen LogP contribution in [0, 0.1) is 0 Å². The average Bonchev–Trinajstić information content (AvgIpc) is 2.66. The molecule has 160 valence electrons. The minimum absolute atomic E-state index is 0.0100. The van der Waals surface area contributed by atoms with Crippen molar-refractivity contribution in [2.45, 2.75) is 128 Å². The molecule has 0 radical (unpaired) electrons. The Hall–Kier alpha value is -1.39. The van der Waals surface area contributed by atoms with Crippen molar-refractivity contribution in [1.29, 1.82) is 0 Å². The normalized spacial score (nSPS) is 27.7. The summed E-state index contributed by atoms with van der Waals surface area (Å²) in [6.45, 7) is 0. The molecule has 5 heteroatoms. The van der Waals surface area contributed by atoms with E-state index in [0.717, 1.165) is 51.4 Å². The van der Waals surface area contributed by atoms with Gasteiger partial charge in [0.15, 0.2) is 5.78 Å². The molecule has 0 bridgehead atoms. The summed E-state index contributed by atoms with van der Waals surface area (Å²) in [5.41, 5.74) is 0. The van der Waals surface area contributed by atoms with Gasteiger partial charge >= 0.3 is 0 Å². The van der Waals surface area contributed by atoms with Gasteiger partial charge in [0, 0.05) is 12.8 Å². The molecule has 2 fully saturated rings. The number of amides is 2. The number of ketones is 1. The van der Waals surface area contributed by atoms with E-state index in [1.165, 1.54) is 38.5 Å². The van der Waals surface area contributed by atoms with Gasteiger partial charge < -0.3 is 10.6 Å². The lowest BCUT2D eigenvalue weighted by molar-refractivity contribution is -0.131. The first-order valence-corrected chi connectivity index (χ1v) is 11.8. The molecule has 2 heterocycles. The quantitative estimate of drug-likeness (QED) is 0.722. The summed E-state index contributed by atoms with van der Waals surface area (Å²) in [6.07, 6.45) is 17.7. The van der Waals surface area contributed by atoms with Crippen LogP contribution in [0.5, 0.6) is 0 Å². The highest BCUT2D eigenvalue weighted by atomic mass is 16.2. The van der Waals surface area contributed by atoms with Crippen LogP contribution in [0.3, 0.4) is 0 Å². The van der Waals surface area contributed by atoms with Gasteiger partial charge in [0.1, 0.15) is 0 Å². The fraction of sp³-hybridized carbons (Fsp3) is 0.870. The number of carbonyl (C=O) groups is 3. The number of Topliss-reactive ketones (excluding diaryl/α,β-unsaturated/α-hetero) is 1. The SMILES string of the molecule is O=C1CCCCCCCCCC(C(=O)C2CCCCCCCCCC(=O)N2)N1. The van der Waals surface area contributed by atoms with Gasteiger partial charge in [-0.25, -0.2) is 0 Å². The fourth-order valence-electron chi connectivity index (χ4n) is 4.38. The van der Waals surface area contributed by atoms with Crippen LogP contribution in [0.4, 0.5) is 0 Å². The van der Waals surface area contributed by atoms with E-state index in [0.29, 0.717) is 25.7 Å². The molecule has 0 aromatic carbocycles. The Morgan fingerprint density at radius 1 is 0.536 bits per heavy atom. The maximum Gasteiger partial charge on any atom is 0.220 e. The summed E-state index contributed by atoms with van der Waals surface area (Å²) in [5, 5.41) is 5.99. The Morgan fingerprint density at radius 3 is 1.25 bits per heavy atom. The Morgan fingerprint density at radius 2 is 0.857 bits per heavy atom. The van der Waals surface area contributed by atoms with Crippen molar-refractivity contribution >= 4 is 17.6 Å². The van der Waals surface area contributed by atoms with Crippen molar-refractivity contribution < 1.29 is 14.4 Å². The number of rotatable bonds is 2. The van der Waals surface area contributed by atoms with Crippen molar-refractivity contribution in [2.75, 3.05) is 0 Å². The average molecular weight is 393 g/mol. The zero-order chi connectivity index (χ0) is 20.0. The van der Waals surface area contributed by atoms with Crippen molar-refractivity contribution in [3.05, 3.63) is 0 Å². The van der Waals surface area contributed by atoms with Crippen LogP contribution < -0.4 is 10.6 Å². The number of nitrogens with one attached hydrogen (secondary N) is 2. The highest BCUT2D eigenvalue weighted by Crippen LogP contribution is 2.17. The molecule has 0 spiro atoms. The minimum Gasteiger partial charge on any atom is -0.346 e. The van der Waals surface area contributed by atoms with E-state index >= 15 is 0 Å². The summed E-state index contributed by atoms with van der Waals surface area (Å²) >= 11 is 0. The smallest absolute Gasteiger partial charge is 0.220 e. The topological polar surface area (TPSA) is 75.3 Å². The molecule has 2 aliphatic heterocycles. The van der Waals surface area contributed by atoms with Crippen LogP contribution >= 0.6 is 0 Å². The lowest BCUT2D eigenvalue weighted by Crippen LogP contribution is -2.51. The predicted octanol–water partition coefficient (Wildman–Crippen LogP) is 4.57. The summed E-state index contributed by atoms with van der Waals surface area (Å²) in [5.74, 6) is -0.0207. The molecule has 2 aliphatic rings. The zero-order valence-electron chi connectivity index (χ0n) is 17.6. The first-order valence-electron chi connectivity index (χ1n) is 11.8. The predicted molar refractivity (Wildman–Crippen MR) is 112 cm³/mol. The van der Waals surface area contributed by atoms with E-state index in [9.17, 15) is 14.4 Å². The monoisotopic (exact) mass is 392 g/mol. The first kappa shape index (κ1) is 22.9. The maximum atomic E-state index is 13.2. The van der Waals surface area contributed by atoms with E-state index in [1.54, 1.807) is 0 Å². The minimum atomic E-state index is -0.454. The van der Waals surface area contributed by atoms with Crippen LogP contribution in [0.15, 0.2) is 0 Å². The standard InChI is InChI=1S/C23H40N2O3/c26-21-17-13-9-5-1-3-7-11-15-19(24-21)23(28)20-16-12-8-4-2-6-10-14-18-22(27)25-20/h19-20H,1-18H2,(H,24,26)(H,25,27). The fourth-order valence-corrected chi connectivity index (χ4v) is 4.38. The summed E-state index contributed by atoms with van der Waals surface area (Å²) in [7, 11) is 0. The lowest BCUT2D eigenvalue weighted by atomic mass is 9.93. The van der Waals surface area contributed by atoms with Crippen LogP contribution in [0.2, 0.25) is 0 Å². The van der Waals surface area contributed by atoms with Gasteiger partial charge in [0.25, 0.3) is 0 Å². The molecular formula is C23H40N2O3. The molecule has 5 nitrogen and oxygen atoms in total. The number of hydrogen-bond donors (Lipinski definition) is 2. The van der Waals surface area contributed by atoms with Gasteiger partial charge in [-0.2, -0.15) is 0 Å². The van der Waals surface area contributed by atoms with Gasteiger partial charge in [-0.05, 0) is 25.7 Å². The van der Waals surface area contributed by atoms with E-state index in [1.807, 2.05) is 0 Å². The molecule has 2 atom stereocenters. The van der Waals surface area contributed by atoms with Gasteiger partial charge in [0.2, 0.25) is 11.8 Å². The van der Waals surface area contributed by atoms with Gasteiger partial charge in [-0.15, -0.1) is 0 Å². The van der Waals surface area contributed by atoms with Crippen molar-refractivity contribution in [3.8, 4) is 0 Å². The molecule has 0 aliphatic carbocycles. The molecule has 2 saturated heterocycles. The molecule has 0 aromatic heterocycles. The van der Waals surface area contributed by atoms with E-state index in [-0.39, 0.29) is 17.6 Å². The van der Waals surface area contributed by atoms with E-state index in [4.69, 9.17) is 0 Å². The zero-order valence-corrected chi connectivity index (χ0v) is 17.6. The molecule has 2 amide bonds. The lowest BCUT2D eigenvalue weighted by Gasteiger charge is -2.25. The Kier molecular flexibility index (Phi) is 11.2. The van der Waals surface area contributed by atoms with Crippen molar-refractivity contribution in [3.63, 3.8) is 0 Å². The second-order valence-electron chi connectivity index (χ2n) is 8.67. The van der Waals surface area contributed by atoms with Crippen molar-refractivity contribution in [1.82, 2.24) is 10.6 Å². The molecule has 2 N–H and O–H groups in total. The third-order valence-corrected chi connectivity index (χ3v) is 6.15. The third kappa shape index (κ3) is 9.20. The van der Waals surface area contributed by atoms with Crippen molar-refractivity contribution in [2.24, 2.45) is 0 Å². The number of carbonyl (C=O) groups excluding carboxylic acids is 3. The third-order valence-electron chi connectivity index (χ3n) is 6.15. The highest BCUT2D eigenvalue weighted by molar-refractivity contribution is 5.95. The maximum absolute atomic E-state index is 13.2. The van der Waals surface area contributed by atoms with Gasteiger partial charge in [-0.3, -0.25) is 14.4 Å². The van der Waals surface area contributed by atoms with E-state index in [2.05, 4.69) is 10.6 Å². The van der Waals surface area contributed by atoms with Crippen LogP contribution in [-0.2, 0) is 14.4 Å².